The van der Waals surface area contributed by atoms with Crippen LogP contribution >= 0.6 is 23.2 Å². The quantitative estimate of drug-likeness (QED) is 0.703. The van der Waals surface area contributed by atoms with E-state index in [1.807, 2.05) is 25.5 Å². The number of rotatable bonds is 5. The first-order valence-electron chi connectivity index (χ1n) is 7.14. The van der Waals surface area contributed by atoms with Gasteiger partial charge in [0.2, 0.25) is 11.8 Å². The topological polar surface area (TPSA) is 74.6 Å². The van der Waals surface area contributed by atoms with E-state index in [1.54, 1.807) is 10.9 Å². The number of hydrogen-bond donors (Lipinski definition) is 0. The van der Waals surface area contributed by atoms with Crippen LogP contribution in [0.3, 0.4) is 0 Å². The Bertz CT molecular complexity index is 815. The predicted molar refractivity (Wildman–Crippen MR) is 85.8 cm³/mol. The van der Waals surface area contributed by atoms with Gasteiger partial charge in [0.25, 0.3) is 0 Å². The zero-order valence-corrected chi connectivity index (χ0v) is 14.6. The largest absolute Gasteiger partial charge is 0.423 e. The second kappa shape index (κ2) is 6.33. The van der Waals surface area contributed by atoms with E-state index in [-0.39, 0.29) is 0 Å². The molecule has 3 rings (SSSR count). The van der Waals surface area contributed by atoms with Gasteiger partial charge in [-0.05, 0) is 20.8 Å². The first-order chi connectivity index (χ1) is 10.9. The Balaban J connectivity index is 1.64. The van der Waals surface area contributed by atoms with Crippen LogP contribution in [0.4, 0.5) is 0 Å². The highest BCUT2D eigenvalue weighted by Gasteiger charge is 2.12. The Hall–Kier alpha value is -1.86. The van der Waals surface area contributed by atoms with Gasteiger partial charge in [-0.3, -0.25) is 9.36 Å². The standard InChI is InChI=1S/C14H16Cl2N6O/c1-8-11(15)6-21(19-8)7-13-18-17-12(23-13)4-5-22-10(3)14(16)9(2)20-22/h6H,4-5,7H2,1-3H3. The summed E-state index contributed by atoms with van der Waals surface area (Å²) >= 11 is 12.1. The highest BCUT2D eigenvalue weighted by Crippen LogP contribution is 2.19. The summed E-state index contributed by atoms with van der Waals surface area (Å²) in [4.78, 5) is 0. The molecular formula is C14H16Cl2N6O. The van der Waals surface area contributed by atoms with Crippen molar-refractivity contribution in [2.75, 3.05) is 0 Å². The maximum absolute atomic E-state index is 6.13. The van der Waals surface area contributed by atoms with Crippen LogP contribution in [0.5, 0.6) is 0 Å². The van der Waals surface area contributed by atoms with Crippen LogP contribution in [0.1, 0.15) is 28.9 Å². The number of aromatic nitrogens is 6. The zero-order chi connectivity index (χ0) is 16.6. The minimum absolute atomic E-state index is 0.395. The van der Waals surface area contributed by atoms with Crippen molar-refractivity contribution in [2.45, 2.75) is 40.3 Å². The second-order valence-corrected chi connectivity index (χ2v) is 6.09. The maximum Gasteiger partial charge on any atom is 0.237 e. The van der Waals surface area contributed by atoms with Crippen molar-refractivity contribution < 1.29 is 4.42 Å². The van der Waals surface area contributed by atoms with E-state index in [0.29, 0.717) is 41.3 Å². The molecule has 0 amide bonds. The van der Waals surface area contributed by atoms with Crippen LogP contribution in [0.15, 0.2) is 10.6 Å². The monoisotopic (exact) mass is 354 g/mol. The summed E-state index contributed by atoms with van der Waals surface area (Å²) in [5, 5.41) is 18.0. The smallest absolute Gasteiger partial charge is 0.237 e. The van der Waals surface area contributed by atoms with Crippen molar-refractivity contribution in [1.82, 2.24) is 29.8 Å². The van der Waals surface area contributed by atoms with E-state index < -0.39 is 0 Å². The molecule has 0 atom stereocenters. The Morgan fingerprint density at radius 2 is 1.78 bits per heavy atom. The lowest BCUT2D eigenvalue weighted by molar-refractivity contribution is 0.415. The van der Waals surface area contributed by atoms with E-state index in [1.165, 1.54) is 0 Å². The third-order valence-electron chi connectivity index (χ3n) is 3.52. The summed E-state index contributed by atoms with van der Waals surface area (Å²) in [6.07, 6.45) is 2.32. The molecule has 3 aromatic heterocycles. The number of nitrogens with zero attached hydrogens (tertiary/aromatic N) is 6. The van der Waals surface area contributed by atoms with Crippen molar-refractivity contribution in [3.05, 3.63) is 45.1 Å². The van der Waals surface area contributed by atoms with Gasteiger partial charge in [-0.25, -0.2) is 0 Å². The molecule has 0 radical (unpaired) electrons. The molecule has 23 heavy (non-hydrogen) atoms. The lowest BCUT2D eigenvalue weighted by Gasteiger charge is -2.01. The molecule has 0 N–H and O–H groups in total. The maximum atomic E-state index is 6.13. The van der Waals surface area contributed by atoms with Gasteiger partial charge in [-0.15, -0.1) is 10.2 Å². The number of hydrogen-bond acceptors (Lipinski definition) is 5. The van der Waals surface area contributed by atoms with Crippen LogP contribution in [-0.2, 0) is 19.5 Å². The highest BCUT2D eigenvalue weighted by atomic mass is 35.5. The Kier molecular flexibility index (Phi) is 4.41. The highest BCUT2D eigenvalue weighted by molar-refractivity contribution is 6.31. The molecule has 0 bridgehead atoms. The summed E-state index contributed by atoms with van der Waals surface area (Å²) in [5.74, 6) is 1.05. The average molecular weight is 355 g/mol. The second-order valence-electron chi connectivity index (χ2n) is 5.31. The molecule has 0 saturated heterocycles. The molecule has 0 aliphatic rings. The van der Waals surface area contributed by atoms with Crippen LogP contribution in [-0.4, -0.2) is 29.8 Å². The molecule has 3 aromatic rings. The van der Waals surface area contributed by atoms with Crippen LogP contribution in [0.25, 0.3) is 0 Å². The molecule has 0 aliphatic carbocycles. The van der Waals surface area contributed by atoms with Crippen molar-refractivity contribution in [3.63, 3.8) is 0 Å². The summed E-state index contributed by atoms with van der Waals surface area (Å²) in [7, 11) is 0. The van der Waals surface area contributed by atoms with Gasteiger partial charge in [-0.1, -0.05) is 23.2 Å². The first-order valence-corrected chi connectivity index (χ1v) is 7.90. The van der Waals surface area contributed by atoms with Gasteiger partial charge in [0.1, 0.15) is 6.54 Å². The summed E-state index contributed by atoms with van der Waals surface area (Å²) in [5.41, 5.74) is 2.53. The Labute approximate surface area is 143 Å². The van der Waals surface area contributed by atoms with Crippen LogP contribution in [0, 0.1) is 20.8 Å². The molecule has 122 valence electrons. The molecule has 0 fully saturated rings. The molecule has 0 spiro atoms. The van der Waals surface area contributed by atoms with E-state index in [2.05, 4.69) is 20.4 Å². The van der Waals surface area contributed by atoms with Gasteiger partial charge in [0.15, 0.2) is 0 Å². The first kappa shape index (κ1) is 16.0. The lowest BCUT2D eigenvalue weighted by Crippen LogP contribution is -2.05. The van der Waals surface area contributed by atoms with E-state index in [9.17, 15) is 0 Å². The fourth-order valence-electron chi connectivity index (χ4n) is 2.26. The molecule has 7 nitrogen and oxygen atoms in total. The molecule has 0 saturated carbocycles. The Morgan fingerprint density at radius 1 is 1.04 bits per heavy atom. The minimum Gasteiger partial charge on any atom is -0.423 e. The minimum atomic E-state index is 0.395. The van der Waals surface area contributed by atoms with Gasteiger partial charge < -0.3 is 4.42 Å². The van der Waals surface area contributed by atoms with Crippen molar-refractivity contribution in [2.24, 2.45) is 0 Å². The number of halogens is 2. The Morgan fingerprint density at radius 3 is 2.39 bits per heavy atom. The van der Waals surface area contributed by atoms with E-state index in [4.69, 9.17) is 27.6 Å². The summed E-state index contributed by atoms with van der Waals surface area (Å²) < 4.78 is 9.16. The molecule has 0 aromatic carbocycles. The molecule has 0 unspecified atom stereocenters. The van der Waals surface area contributed by atoms with Crippen LogP contribution < -0.4 is 0 Å². The van der Waals surface area contributed by atoms with Crippen molar-refractivity contribution in [3.8, 4) is 0 Å². The normalized spacial score (nSPS) is 11.3. The molecule has 3 heterocycles. The van der Waals surface area contributed by atoms with Gasteiger partial charge in [-0.2, -0.15) is 10.2 Å². The van der Waals surface area contributed by atoms with E-state index >= 15 is 0 Å². The van der Waals surface area contributed by atoms with Crippen molar-refractivity contribution in [1.29, 1.82) is 0 Å². The average Bonchev–Trinajstić information content (AvgIpc) is 3.14. The fraction of sp³-hybridized carbons (Fsp3) is 0.429. The summed E-state index contributed by atoms with van der Waals surface area (Å²) in [6, 6.07) is 0. The lowest BCUT2D eigenvalue weighted by atomic mass is 10.4. The zero-order valence-electron chi connectivity index (χ0n) is 13.0. The third-order valence-corrected chi connectivity index (χ3v) is 4.44. The van der Waals surface area contributed by atoms with Crippen molar-refractivity contribution >= 4 is 23.2 Å². The predicted octanol–water partition coefficient (Wildman–Crippen LogP) is 2.99. The SMILES string of the molecule is Cc1nn(Cc2nnc(CCn3nc(C)c(Cl)c3C)o2)cc1Cl. The van der Waals surface area contributed by atoms with Gasteiger partial charge >= 0.3 is 0 Å². The number of aryl methyl sites for hydroxylation is 4. The van der Waals surface area contributed by atoms with Gasteiger partial charge in [0, 0.05) is 19.2 Å². The van der Waals surface area contributed by atoms with E-state index in [0.717, 1.165) is 17.1 Å². The molecule has 0 aliphatic heterocycles. The molecule has 9 heteroatoms. The van der Waals surface area contributed by atoms with Crippen LogP contribution in [0.2, 0.25) is 10.0 Å². The fourth-order valence-corrected chi connectivity index (χ4v) is 2.55. The summed E-state index contributed by atoms with van der Waals surface area (Å²) in [6.45, 7) is 6.69. The molecular weight excluding hydrogens is 339 g/mol. The third kappa shape index (κ3) is 3.40. The van der Waals surface area contributed by atoms with Gasteiger partial charge in [0.05, 0.1) is 27.1 Å².